The van der Waals surface area contributed by atoms with Crippen LogP contribution in [0.5, 0.6) is 5.75 Å². The summed E-state index contributed by atoms with van der Waals surface area (Å²) in [5.41, 5.74) is 4.84. The van der Waals surface area contributed by atoms with Crippen LogP contribution in [-0.4, -0.2) is 38.6 Å². The molecule has 0 heterocycles. The molecule has 1 aromatic carbocycles. The van der Waals surface area contributed by atoms with E-state index in [9.17, 15) is 22.4 Å². The fourth-order valence-electron chi connectivity index (χ4n) is 1.45. The van der Waals surface area contributed by atoms with E-state index in [-0.39, 0.29) is 5.75 Å². The highest BCUT2D eigenvalue weighted by atomic mass is 32.2. The number of amides is 1. The van der Waals surface area contributed by atoms with Gasteiger partial charge in [-0.2, -0.15) is 4.72 Å². The Kier molecular flexibility index (Phi) is 5.22. The number of methoxy groups -OCH3 is 1. The highest BCUT2D eigenvalue weighted by molar-refractivity contribution is 7.89. The van der Waals surface area contributed by atoms with E-state index < -0.39 is 45.1 Å². The summed E-state index contributed by atoms with van der Waals surface area (Å²) in [7, 11) is -3.13. The number of nitrogens with one attached hydrogen (secondary N) is 1. The first kappa shape index (κ1) is 16.9. The third kappa shape index (κ3) is 4.39. The molecule has 0 aliphatic carbocycles. The van der Waals surface area contributed by atoms with E-state index in [2.05, 4.69) is 4.74 Å². The number of benzene rings is 1. The standard InChI is InChI=1S/C11H13FN2O6S/c1-20-9-3-2-6(4-7(9)12)21(18,19)14-8(11(16)17)5-10(13)15/h2-4,8,14H,5H2,1H3,(H2,13,15)(H,16,17). The summed E-state index contributed by atoms with van der Waals surface area (Å²) in [5.74, 6) is -3.67. The van der Waals surface area contributed by atoms with Gasteiger partial charge in [-0.1, -0.05) is 0 Å². The molecule has 4 N–H and O–H groups in total. The van der Waals surface area contributed by atoms with Crippen molar-refractivity contribution in [2.45, 2.75) is 17.4 Å². The van der Waals surface area contributed by atoms with Crippen LogP contribution in [0, 0.1) is 5.82 Å². The maximum atomic E-state index is 13.5. The molecule has 1 rings (SSSR count). The van der Waals surface area contributed by atoms with Gasteiger partial charge in [-0.3, -0.25) is 9.59 Å². The summed E-state index contributed by atoms with van der Waals surface area (Å²) in [6.45, 7) is 0. The molecule has 0 fully saturated rings. The fraction of sp³-hybridized carbons (Fsp3) is 0.273. The zero-order chi connectivity index (χ0) is 16.2. The van der Waals surface area contributed by atoms with Crippen molar-refractivity contribution < 1.29 is 32.2 Å². The summed E-state index contributed by atoms with van der Waals surface area (Å²) in [6.07, 6.45) is -0.729. The number of rotatable bonds is 7. The van der Waals surface area contributed by atoms with Crippen LogP contribution in [0.15, 0.2) is 23.1 Å². The number of carbonyl (C=O) groups is 2. The number of hydrogen-bond acceptors (Lipinski definition) is 5. The summed E-state index contributed by atoms with van der Waals surface area (Å²) in [5, 5.41) is 8.84. The second-order valence-electron chi connectivity index (χ2n) is 3.98. The highest BCUT2D eigenvalue weighted by Gasteiger charge is 2.27. The minimum Gasteiger partial charge on any atom is -0.494 e. The van der Waals surface area contributed by atoms with Gasteiger partial charge in [0.15, 0.2) is 11.6 Å². The molecule has 116 valence electrons. The predicted octanol–water partition coefficient (Wildman–Crippen LogP) is -0.559. The number of aliphatic carboxylic acids is 1. The lowest BCUT2D eigenvalue weighted by Gasteiger charge is -2.13. The van der Waals surface area contributed by atoms with Gasteiger partial charge in [-0.25, -0.2) is 12.8 Å². The van der Waals surface area contributed by atoms with Crippen LogP contribution in [0.1, 0.15) is 6.42 Å². The van der Waals surface area contributed by atoms with E-state index in [1.165, 1.54) is 7.11 Å². The predicted molar refractivity (Wildman–Crippen MR) is 68.5 cm³/mol. The Hall–Kier alpha value is -2.20. The Bertz CT molecular complexity index is 661. The Morgan fingerprint density at radius 2 is 2.10 bits per heavy atom. The molecule has 1 unspecified atom stereocenters. The molecular formula is C11H13FN2O6S. The zero-order valence-electron chi connectivity index (χ0n) is 10.9. The Morgan fingerprint density at radius 1 is 1.48 bits per heavy atom. The SMILES string of the molecule is COc1ccc(S(=O)(=O)NC(CC(N)=O)C(=O)O)cc1F. The lowest BCUT2D eigenvalue weighted by Crippen LogP contribution is -2.43. The van der Waals surface area contributed by atoms with Gasteiger partial charge in [0, 0.05) is 0 Å². The minimum absolute atomic E-state index is 0.166. The van der Waals surface area contributed by atoms with Crippen molar-refractivity contribution in [3.63, 3.8) is 0 Å². The third-order valence-corrected chi connectivity index (χ3v) is 3.90. The van der Waals surface area contributed by atoms with Crippen molar-refractivity contribution >= 4 is 21.9 Å². The largest absolute Gasteiger partial charge is 0.494 e. The highest BCUT2D eigenvalue weighted by Crippen LogP contribution is 2.20. The lowest BCUT2D eigenvalue weighted by atomic mass is 10.2. The molecule has 1 aromatic rings. The maximum Gasteiger partial charge on any atom is 0.322 e. The van der Waals surface area contributed by atoms with E-state index in [0.717, 1.165) is 12.1 Å². The van der Waals surface area contributed by atoms with E-state index in [1.807, 2.05) is 0 Å². The molecule has 1 amide bonds. The molecule has 0 bridgehead atoms. The Labute approximate surface area is 119 Å². The van der Waals surface area contributed by atoms with Gasteiger partial charge in [0.05, 0.1) is 18.4 Å². The number of sulfonamides is 1. The van der Waals surface area contributed by atoms with Gasteiger partial charge in [0.1, 0.15) is 6.04 Å². The van der Waals surface area contributed by atoms with Gasteiger partial charge in [0.25, 0.3) is 0 Å². The Morgan fingerprint density at radius 3 is 2.52 bits per heavy atom. The van der Waals surface area contributed by atoms with Crippen molar-refractivity contribution in [2.75, 3.05) is 7.11 Å². The van der Waals surface area contributed by atoms with Gasteiger partial charge >= 0.3 is 5.97 Å². The van der Waals surface area contributed by atoms with Gasteiger partial charge in [-0.05, 0) is 18.2 Å². The first-order valence-electron chi connectivity index (χ1n) is 5.54. The van der Waals surface area contributed by atoms with Crippen molar-refractivity contribution in [2.24, 2.45) is 5.73 Å². The number of ether oxygens (including phenoxy) is 1. The minimum atomic E-state index is -4.33. The lowest BCUT2D eigenvalue weighted by molar-refractivity contribution is -0.140. The fourth-order valence-corrected chi connectivity index (χ4v) is 2.65. The van der Waals surface area contributed by atoms with Crippen LogP contribution in [0.2, 0.25) is 0 Å². The topological polar surface area (TPSA) is 136 Å². The molecule has 0 saturated carbocycles. The van der Waals surface area contributed by atoms with Crippen LogP contribution in [0.4, 0.5) is 4.39 Å². The molecule has 0 spiro atoms. The van der Waals surface area contributed by atoms with Crippen LogP contribution >= 0.6 is 0 Å². The number of carboxylic acids is 1. The normalized spacial score (nSPS) is 12.7. The molecule has 0 aliphatic rings. The quantitative estimate of drug-likeness (QED) is 0.616. The average Bonchev–Trinajstić information content (AvgIpc) is 2.36. The number of hydrogen-bond donors (Lipinski definition) is 3. The van der Waals surface area contributed by atoms with E-state index in [1.54, 1.807) is 4.72 Å². The summed E-state index contributed by atoms with van der Waals surface area (Å²) >= 11 is 0. The summed E-state index contributed by atoms with van der Waals surface area (Å²) in [6, 6.07) is 1.04. The summed E-state index contributed by atoms with van der Waals surface area (Å²) < 4.78 is 43.8. The van der Waals surface area contributed by atoms with Crippen molar-refractivity contribution in [1.29, 1.82) is 0 Å². The monoisotopic (exact) mass is 320 g/mol. The van der Waals surface area contributed by atoms with Gasteiger partial charge < -0.3 is 15.6 Å². The molecule has 0 aliphatic heterocycles. The smallest absolute Gasteiger partial charge is 0.322 e. The number of nitrogens with two attached hydrogens (primary N) is 1. The molecule has 0 radical (unpaired) electrons. The molecule has 10 heteroatoms. The maximum absolute atomic E-state index is 13.5. The van der Waals surface area contributed by atoms with E-state index in [4.69, 9.17) is 10.8 Å². The number of carbonyl (C=O) groups excluding carboxylic acids is 1. The first-order valence-corrected chi connectivity index (χ1v) is 7.02. The molecule has 0 aromatic heterocycles. The third-order valence-electron chi connectivity index (χ3n) is 2.43. The number of carboxylic acid groups (broad SMARTS) is 1. The molecule has 21 heavy (non-hydrogen) atoms. The molecule has 0 saturated heterocycles. The zero-order valence-corrected chi connectivity index (χ0v) is 11.7. The van der Waals surface area contributed by atoms with Crippen molar-refractivity contribution in [1.82, 2.24) is 4.72 Å². The second-order valence-corrected chi connectivity index (χ2v) is 5.69. The summed E-state index contributed by atoms with van der Waals surface area (Å²) in [4.78, 5) is 21.1. The Balaban J connectivity index is 3.07. The van der Waals surface area contributed by atoms with E-state index in [0.29, 0.717) is 6.07 Å². The molecule has 1 atom stereocenters. The van der Waals surface area contributed by atoms with Crippen LogP contribution < -0.4 is 15.2 Å². The van der Waals surface area contributed by atoms with E-state index >= 15 is 0 Å². The van der Waals surface area contributed by atoms with Crippen molar-refractivity contribution in [3.8, 4) is 5.75 Å². The van der Waals surface area contributed by atoms with Gasteiger partial charge in [0.2, 0.25) is 15.9 Å². The van der Waals surface area contributed by atoms with Gasteiger partial charge in [-0.15, -0.1) is 0 Å². The number of halogens is 1. The molecule has 8 nitrogen and oxygen atoms in total. The van der Waals surface area contributed by atoms with Crippen LogP contribution in [0.3, 0.4) is 0 Å². The second kappa shape index (κ2) is 6.50. The average molecular weight is 320 g/mol. The van der Waals surface area contributed by atoms with Crippen molar-refractivity contribution in [3.05, 3.63) is 24.0 Å². The molecular weight excluding hydrogens is 307 g/mol. The number of primary amides is 1. The van der Waals surface area contributed by atoms with Crippen LogP contribution in [-0.2, 0) is 19.6 Å². The first-order chi connectivity index (χ1) is 9.67. The van der Waals surface area contributed by atoms with Crippen LogP contribution in [0.25, 0.3) is 0 Å².